The Kier molecular flexibility index (Phi) is 5.98. The third-order valence-corrected chi connectivity index (χ3v) is 5.19. The van der Waals surface area contributed by atoms with Crippen molar-refractivity contribution in [2.24, 2.45) is 11.8 Å². The number of esters is 1. The SMILES string of the molecule is CCOC(=O)C1CCCN(C(=O)C2CC(=O)N(c3cccc(OC)c3)C2)C1. The Morgan fingerprint density at radius 2 is 2.04 bits per heavy atom. The molecular weight excluding hydrogens is 348 g/mol. The van der Waals surface area contributed by atoms with Crippen molar-refractivity contribution >= 4 is 23.5 Å². The number of amides is 2. The number of hydrogen-bond donors (Lipinski definition) is 0. The van der Waals surface area contributed by atoms with Crippen LogP contribution >= 0.6 is 0 Å². The normalized spacial score (nSPS) is 22.7. The summed E-state index contributed by atoms with van der Waals surface area (Å²) in [6.45, 7) is 3.47. The number of nitrogens with zero attached hydrogens (tertiary/aromatic N) is 2. The van der Waals surface area contributed by atoms with E-state index < -0.39 is 0 Å². The van der Waals surface area contributed by atoms with Gasteiger partial charge in [0, 0.05) is 37.8 Å². The summed E-state index contributed by atoms with van der Waals surface area (Å²) in [5.41, 5.74) is 0.734. The maximum absolute atomic E-state index is 12.9. The average Bonchev–Trinajstić information content (AvgIpc) is 3.09. The van der Waals surface area contributed by atoms with Crippen molar-refractivity contribution in [3.05, 3.63) is 24.3 Å². The molecule has 0 saturated carbocycles. The van der Waals surface area contributed by atoms with Gasteiger partial charge >= 0.3 is 5.97 Å². The molecule has 2 saturated heterocycles. The molecule has 1 aromatic rings. The summed E-state index contributed by atoms with van der Waals surface area (Å²) >= 11 is 0. The monoisotopic (exact) mass is 374 g/mol. The number of anilines is 1. The standard InChI is InChI=1S/C20H26N2O5/c1-3-27-20(25)14-6-5-9-21(12-14)19(24)15-10-18(23)22(13-15)16-7-4-8-17(11-16)26-2/h4,7-8,11,14-15H,3,5-6,9-10,12-13H2,1-2H3. The predicted molar refractivity (Wildman–Crippen MR) is 99.4 cm³/mol. The highest BCUT2D eigenvalue weighted by Crippen LogP contribution is 2.30. The highest BCUT2D eigenvalue weighted by molar-refractivity contribution is 6.00. The molecule has 2 heterocycles. The molecule has 0 aromatic heterocycles. The quantitative estimate of drug-likeness (QED) is 0.735. The summed E-state index contributed by atoms with van der Waals surface area (Å²) < 4.78 is 10.3. The van der Waals surface area contributed by atoms with Gasteiger partial charge < -0.3 is 19.3 Å². The molecule has 27 heavy (non-hydrogen) atoms. The fourth-order valence-corrected chi connectivity index (χ4v) is 3.79. The summed E-state index contributed by atoms with van der Waals surface area (Å²) in [4.78, 5) is 40.8. The fourth-order valence-electron chi connectivity index (χ4n) is 3.79. The van der Waals surface area contributed by atoms with Crippen molar-refractivity contribution in [3.8, 4) is 5.75 Å². The van der Waals surface area contributed by atoms with Crippen LogP contribution in [0.1, 0.15) is 26.2 Å². The van der Waals surface area contributed by atoms with Crippen LogP contribution in [0.5, 0.6) is 5.75 Å². The highest BCUT2D eigenvalue weighted by atomic mass is 16.5. The van der Waals surface area contributed by atoms with Crippen molar-refractivity contribution in [3.63, 3.8) is 0 Å². The Morgan fingerprint density at radius 1 is 1.22 bits per heavy atom. The molecule has 2 amide bonds. The molecule has 0 radical (unpaired) electrons. The van der Waals surface area contributed by atoms with E-state index in [2.05, 4.69) is 0 Å². The van der Waals surface area contributed by atoms with Crippen LogP contribution in [0.2, 0.25) is 0 Å². The fraction of sp³-hybridized carbons (Fsp3) is 0.550. The van der Waals surface area contributed by atoms with E-state index in [1.54, 1.807) is 29.9 Å². The van der Waals surface area contributed by atoms with Gasteiger partial charge in [0.05, 0.1) is 25.6 Å². The third kappa shape index (κ3) is 4.23. The topological polar surface area (TPSA) is 76.2 Å². The molecule has 7 heteroatoms. The minimum absolute atomic E-state index is 0.0530. The number of ether oxygens (including phenoxy) is 2. The summed E-state index contributed by atoms with van der Waals surface area (Å²) in [5.74, 6) is -0.346. The molecule has 0 spiro atoms. The Balaban J connectivity index is 1.65. The molecule has 0 bridgehead atoms. The molecular formula is C20H26N2O5. The lowest BCUT2D eigenvalue weighted by atomic mass is 9.96. The number of carbonyl (C=O) groups excluding carboxylic acids is 3. The highest BCUT2D eigenvalue weighted by Gasteiger charge is 2.39. The minimum Gasteiger partial charge on any atom is -0.497 e. The summed E-state index contributed by atoms with van der Waals surface area (Å²) in [6, 6.07) is 7.27. The molecule has 0 aliphatic carbocycles. The predicted octanol–water partition coefficient (Wildman–Crippen LogP) is 1.85. The molecule has 146 valence electrons. The first kappa shape index (κ1) is 19.2. The maximum atomic E-state index is 12.9. The first-order chi connectivity index (χ1) is 13.0. The molecule has 2 aliphatic rings. The zero-order valence-corrected chi connectivity index (χ0v) is 15.8. The van der Waals surface area contributed by atoms with Gasteiger partial charge in [0.1, 0.15) is 5.75 Å². The van der Waals surface area contributed by atoms with Crippen LogP contribution < -0.4 is 9.64 Å². The average molecular weight is 374 g/mol. The number of benzene rings is 1. The van der Waals surface area contributed by atoms with Crippen LogP contribution in [-0.4, -0.2) is 56.0 Å². The molecule has 1 aromatic carbocycles. The van der Waals surface area contributed by atoms with Crippen molar-refractivity contribution < 1.29 is 23.9 Å². The van der Waals surface area contributed by atoms with Gasteiger partial charge in [-0.15, -0.1) is 0 Å². The molecule has 2 fully saturated rings. The van der Waals surface area contributed by atoms with Crippen molar-refractivity contribution in [1.82, 2.24) is 4.90 Å². The number of carbonyl (C=O) groups is 3. The first-order valence-corrected chi connectivity index (χ1v) is 9.43. The molecule has 2 aliphatic heterocycles. The number of methoxy groups -OCH3 is 1. The zero-order chi connectivity index (χ0) is 19.4. The number of hydrogen-bond acceptors (Lipinski definition) is 5. The number of rotatable bonds is 5. The van der Waals surface area contributed by atoms with E-state index in [1.807, 2.05) is 18.2 Å². The van der Waals surface area contributed by atoms with Gasteiger partial charge in [0.15, 0.2) is 0 Å². The molecule has 7 nitrogen and oxygen atoms in total. The van der Waals surface area contributed by atoms with Crippen molar-refractivity contribution in [2.45, 2.75) is 26.2 Å². The van der Waals surface area contributed by atoms with Gasteiger partial charge in [-0.1, -0.05) is 6.07 Å². The van der Waals surface area contributed by atoms with E-state index in [-0.39, 0.29) is 36.0 Å². The van der Waals surface area contributed by atoms with Gasteiger partial charge in [-0.25, -0.2) is 0 Å². The Bertz CT molecular complexity index is 720. The second-order valence-corrected chi connectivity index (χ2v) is 6.98. The van der Waals surface area contributed by atoms with E-state index in [4.69, 9.17) is 9.47 Å². The molecule has 2 atom stereocenters. The van der Waals surface area contributed by atoms with Gasteiger partial charge in [-0.2, -0.15) is 0 Å². The Morgan fingerprint density at radius 3 is 2.78 bits per heavy atom. The van der Waals surface area contributed by atoms with Gasteiger partial charge in [-0.3, -0.25) is 14.4 Å². The van der Waals surface area contributed by atoms with Crippen LogP contribution in [0.25, 0.3) is 0 Å². The second-order valence-electron chi connectivity index (χ2n) is 6.98. The lowest BCUT2D eigenvalue weighted by Crippen LogP contribution is -2.45. The van der Waals surface area contributed by atoms with Crippen LogP contribution in [0, 0.1) is 11.8 Å². The summed E-state index contributed by atoms with van der Waals surface area (Å²) in [5, 5.41) is 0. The van der Waals surface area contributed by atoms with Crippen LogP contribution in [0.4, 0.5) is 5.69 Å². The van der Waals surface area contributed by atoms with Crippen LogP contribution in [-0.2, 0) is 19.1 Å². The van der Waals surface area contributed by atoms with Crippen LogP contribution in [0.15, 0.2) is 24.3 Å². The van der Waals surface area contributed by atoms with Gasteiger partial charge in [0.25, 0.3) is 0 Å². The molecule has 0 N–H and O–H groups in total. The molecule has 3 rings (SSSR count). The van der Waals surface area contributed by atoms with E-state index in [9.17, 15) is 14.4 Å². The van der Waals surface area contributed by atoms with E-state index in [1.165, 1.54) is 0 Å². The maximum Gasteiger partial charge on any atom is 0.310 e. The third-order valence-electron chi connectivity index (χ3n) is 5.19. The zero-order valence-electron chi connectivity index (χ0n) is 15.8. The van der Waals surface area contributed by atoms with Gasteiger partial charge in [0.2, 0.25) is 11.8 Å². The minimum atomic E-state index is -0.385. The van der Waals surface area contributed by atoms with E-state index in [0.29, 0.717) is 32.0 Å². The smallest absolute Gasteiger partial charge is 0.310 e. The van der Waals surface area contributed by atoms with Crippen LogP contribution in [0.3, 0.4) is 0 Å². The van der Waals surface area contributed by atoms with Crippen molar-refractivity contribution in [1.29, 1.82) is 0 Å². The largest absolute Gasteiger partial charge is 0.497 e. The molecule has 2 unspecified atom stereocenters. The van der Waals surface area contributed by atoms with E-state index >= 15 is 0 Å². The number of likely N-dealkylation sites (tertiary alicyclic amines) is 1. The summed E-state index contributed by atoms with van der Waals surface area (Å²) in [6.07, 6.45) is 1.70. The van der Waals surface area contributed by atoms with Gasteiger partial charge in [-0.05, 0) is 31.9 Å². The first-order valence-electron chi connectivity index (χ1n) is 9.43. The Hall–Kier alpha value is -2.57. The second kappa shape index (κ2) is 8.41. The van der Waals surface area contributed by atoms with Crippen molar-refractivity contribution in [2.75, 3.05) is 38.3 Å². The number of piperidine rings is 1. The lowest BCUT2D eigenvalue weighted by Gasteiger charge is -2.33. The Labute approximate surface area is 159 Å². The van der Waals surface area contributed by atoms with E-state index in [0.717, 1.165) is 18.5 Å². The summed E-state index contributed by atoms with van der Waals surface area (Å²) in [7, 11) is 1.58. The lowest BCUT2D eigenvalue weighted by molar-refractivity contribution is -0.152.